The Balaban J connectivity index is 1.76. The minimum atomic E-state index is -4.55. The average molecular weight is 368 g/mol. The summed E-state index contributed by atoms with van der Waals surface area (Å²) in [6.45, 7) is 3.26. The van der Waals surface area contributed by atoms with Crippen molar-refractivity contribution < 1.29 is 17.6 Å². The van der Waals surface area contributed by atoms with Crippen LogP contribution in [0.1, 0.15) is 29.8 Å². The van der Waals surface area contributed by atoms with Gasteiger partial charge in [0.2, 0.25) is 0 Å². The summed E-state index contributed by atoms with van der Waals surface area (Å²) in [4.78, 5) is 9.95. The van der Waals surface area contributed by atoms with Gasteiger partial charge in [-0.1, -0.05) is 12.1 Å². The number of likely N-dealkylation sites (tertiary alicyclic amines) is 1. The van der Waals surface area contributed by atoms with Gasteiger partial charge in [-0.25, -0.2) is 9.37 Å². The second-order valence-electron chi connectivity index (χ2n) is 6.33. The third-order valence-electron chi connectivity index (χ3n) is 4.34. The molecule has 0 amide bonds. The Morgan fingerprint density at radius 2 is 1.77 bits per heavy atom. The number of anilines is 1. The summed E-state index contributed by atoms with van der Waals surface area (Å²) < 4.78 is 51.9. The molecule has 2 heterocycles. The predicted molar refractivity (Wildman–Crippen MR) is 90.4 cm³/mol. The van der Waals surface area contributed by atoms with Crippen molar-refractivity contribution in [1.82, 2.24) is 14.9 Å². The lowest BCUT2D eigenvalue weighted by atomic mass is 10.1. The van der Waals surface area contributed by atoms with Crippen molar-refractivity contribution in [2.45, 2.75) is 25.4 Å². The maximum Gasteiger partial charge on any atom is 0.434 e. The van der Waals surface area contributed by atoms with Crippen LogP contribution >= 0.6 is 0 Å². The van der Waals surface area contributed by atoms with Crippen LogP contribution in [0.3, 0.4) is 0 Å². The van der Waals surface area contributed by atoms with E-state index in [0.29, 0.717) is 12.2 Å². The van der Waals surface area contributed by atoms with Crippen LogP contribution in [0, 0.1) is 5.82 Å². The van der Waals surface area contributed by atoms with E-state index in [1.807, 2.05) is 0 Å². The van der Waals surface area contributed by atoms with Gasteiger partial charge in [-0.2, -0.15) is 13.2 Å². The Labute approximate surface area is 149 Å². The molecule has 1 N–H and O–H groups in total. The van der Waals surface area contributed by atoms with Crippen molar-refractivity contribution >= 4 is 5.82 Å². The average Bonchev–Trinajstić information content (AvgIpc) is 3.11. The lowest BCUT2D eigenvalue weighted by Gasteiger charge is -2.17. The van der Waals surface area contributed by atoms with Gasteiger partial charge in [0.05, 0.1) is 11.9 Å². The Morgan fingerprint density at radius 3 is 2.42 bits per heavy atom. The molecule has 2 aromatic rings. The fourth-order valence-electron chi connectivity index (χ4n) is 2.96. The van der Waals surface area contributed by atoms with Crippen LogP contribution in [0.5, 0.6) is 0 Å². The van der Waals surface area contributed by atoms with Crippen molar-refractivity contribution in [3.05, 3.63) is 53.2 Å². The SMILES string of the molecule is Fc1ccc(Cc2ncc(C(F)(F)F)nc2NCCN2CCCC2)cc1. The topological polar surface area (TPSA) is 41.1 Å². The maximum atomic E-state index is 13.0. The number of hydrogen-bond donors (Lipinski definition) is 1. The van der Waals surface area contributed by atoms with Gasteiger partial charge in [0.1, 0.15) is 11.6 Å². The van der Waals surface area contributed by atoms with E-state index in [9.17, 15) is 17.6 Å². The van der Waals surface area contributed by atoms with Gasteiger partial charge in [-0.15, -0.1) is 0 Å². The second kappa shape index (κ2) is 7.99. The number of alkyl halides is 3. The Kier molecular flexibility index (Phi) is 5.70. The summed E-state index contributed by atoms with van der Waals surface area (Å²) in [6.07, 6.45) is -1.23. The molecule has 1 aliphatic heterocycles. The number of benzene rings is 1. The molecule has 0 atom stereocenters. The van der Waals surface area contributed by atoms with Gasteiger partial charge < -0.3 is 10.2 Å². The van der Waals surface area contributed by atoms with E-state index < -0.39 is 11.9 Å². The van der Waals surface area contributed by atoms with E-state index in [1.165, 1.54) is 12.1 Å². The lowest BCUT2D eigenvalue weighted by Crippen LogP contribution is -2.26. The molecule has 140 valence electrons. The highest BCUT2D eigenvalue weighted by Crippen LogP contribution is 2.29. The Bertz CT molecular complexity index is 725. The van der Waals surface area contributed by atoms with Crippen LogP contribution in [-0.4, -0.2) is 41.0 Å². The van der Waals surface area contributed by atoms with Crippen molar-refractivity contribution in [2.75, 3.05) is 31.5 Å². The zero-order valence-corrected chi connectivity index (χ0v) is 14.2. The maximum absolute atomic E-state index is 13.0. The van der Waals surface area contributed by atoms with E-state index in [1.54, 1.807) is 12.1 Å². The molecule has 0 aliphatic carbocycles. The van der Waals surface area contributed by atoms with Crippen LogP contribution in [0.15, 0.2) is 30.5 Å². The lowest BCUT2D eigenvalue weighted by molar-refractivity contribution is -0.141. The molecule has 26 heavy (non-hydrogen) atoms. The summed E-state index contributed by atoms with van der Waals surface area (Å²) in [6, 6.07) is 5.80. The minimum absolute atomic E-state index is 0.128. The molecular formula is C18H20F4N4. The quantitative estimate of drug-likeness (QED) is 0.789. The van der Waals surface area contributed by atoms with E-state index in [2.05, 4.69) is 20.2 Å². The molecule has 3 rings (SSSR count). The molecule has 1 fully saturated rings. The van der Waals surface area contributed by atoms with E-state index in [0.717, 1.165) is 44.2 Å². The highest BCUT2D eigenvalue weighted by molar-refractivity contribution is 5.43. The molecule has 1 aromatic carbocycles. The summed E-state index contributed by atoms with van der Waals surface area (Å²) in [5.41, 5.74) is 0.137. The number of hydrogen-bond acceptors (Lipinski definition) is 4. The second-order valence-corrected chi connectivity index (χ2v) is 6.33. The molecule has 4 nitrogen and oxygen atoms in total. The van der Waals surface area contributed by atoms with Crippen LogP contribution in [-0.2, 0) is 12.6 Å². The zero-order valence-electron chi connectivity index (χ0n) is 14.2. The third-order valence-corrected chi connectivity index (χ3v) is 4.34. The molecule has 1 saturated heterocycles. The number of halogens is 4. The molecule has 0 spiro atoms. The number of rotatable bonds is 6. The van der Waals surface area contributed by atoms with Gasteiger partial charge in [0, 0.05) is 19.5 Å². The first-order chi connectivity index (χ1) is 12.4. The van der Waals surface area contributed by atoms with Crippen molar-refractivity contribution in [2.24, 2.45) is 0 Å². The molecule has 0 saturated carbocycles. The van der Waals surface area contributed by atoms with E-state index >= 15 is 0 Å². The molecule has 1 aromatic heterocycles. The van der Waals surface area contributed by atoms with Gasteiger partial charge in [0.15, 0.2) is 5.69 Å². The predicted octanol–water partition coefficient (Wildman–Crippen LogP) is 3.73. The molecule has 0 bridgehead atoms. The van der Waals surface area contributed by atoms with Crippen LogP contribution in [0.25, 0.3) is 0 Å². The Morgan fingerprint density at radius 1 is 1.08 bits per heavy atom. The highest BCUT2D eigenvalue weighted by Gasteiger charge is 2.33. The largest absolute Gasteiger partial charge is 0.434 e. The summed E-state index contributed by atoms with van der Waals surface area (Å²) in [5, 5.41) is 2.99. The third kappa shape index (κ3) is 4.91. The van der Waals surface area contributed by atoms with Crippen LogP contribution in [0.2, 0.25) is 0 Å². The van der Waals surface area contributed by atoms with Gasteiger partial charge >= 0.3 is 6.18 Å². The first kappa shape index (κ1) is 18.6. The van der Waals surface area contributed by atoms with Crippen LogP contribution < -0.4 is 5.32 Å². The number of nitrogens with zero attached hydrogens (tertiary/aromatic N) is 3. The Hall–Kier alpha value is -2.22. The van der Waals surface area contributed by atoms with Gasteiger partial charge in [-0.3, -0.25) is 4.98 Å². The molecule has 8 heteroatoms. The molecule has 0 radical (unpaired) electrons. The number of nitrogens with one attached hydrogen (secondary N) is 1. The monoisotopic (exact) mass is 368 g/mol. The van der Waals surface area contributed by atoms with Crippen molar-refractivity contribution in [3.63, 3.8) is 0 Å². The van der Waals surface area contributed by atoms with E-state index in [4.69, 9.17) is 0 Å². The molecule has 1 aliphatic rings. The first-order valence-electron chi connectivity index (χ1n) is 8.55. The summed E-state index contributed by atoms with van der Waals surface area (Å²) >= 11 is 0. The smallest absolute Gasteiger partial charge is 0.367 e. The zero-order chi connectivity index (χ0) is 18.6. The fraction of sp³-hybridized carbons (Fsp3) is 0.444. The van der Waals surface area contributed by atoms with Gasteiger partial charge in [0.25, 0.3) is 0 Å². The van der Waals surface area contributed by atoms with Crippen molar-refractivity contribution in [3.8, 4) is 0 Å². The van der Waals surface area contributed by atoms with Gasteiger partial charge in [-0.05, 0) is 43.6 Å². The number of aromatic nitrogens is 2. The highest BCUT2D eigenvalue weighted by atomic mass is 19.4. The molecular weight excluding hydrogens is 348 g/mol. The van der Waals surface area contributed by atoms with Crippen LogP contribution in [0.4, 0.5) is 23.4 Å². The fourth-order valence-corrected chi connectivity index (χ4v) is 2.96. The van der Waals surface area contributed by atoms with Crippen molar-refractivity contribution in [1.29, 1.82) is 0 Å². The molecule has 0 unspecified atom stereocenters. The normalized spacial score (nSPS) is 15.4. The standard InChI is InChI=1S/C18H20F4N4/c19-14-5-3-13(4-6-14)11-15-17(23-7-10-26-8-1-2-9-26)25-16(12-24-15)18(20,21)22/h3-6,12H,1-2,7-11H2,(H,23,25). The van der Waals surface area contributed by atoms with E-state index in [-0.39, 0.29) is 18.1 Å². The summed E-state index contributed by atoms with van der Waals surface area (Å²) in [5.74, 6) is -0.237. The summed E-state index contributed by atoms with van der Waals surface area (Å²) in [7, 11) is 0. The first-order valence-corrected chi connectivity index (χ1v) is 8.55. The minimum Gasteiger partial charge on any atom is -0.367 e.